The summed E-state index contributed by atoms with van der Waals surface area (Å²) in [7, 11) is 0. The van der Waals surface area contributed by atoms with Gasteiger partial charge in [0, 0.05) is 17.3 Å². The normalized spacial score (nSPS) is 10.4. The van der Waals surface area contributed by atoms with Crippen molar-refractivity contribution < 1.29 is 4.79 Å². The monoisotopic (exact) mass is 341 g/mol. The summed E-state index contributed by atoms with van der Waals surface area (Å²) in [6, 6.07) is 14.7. The Bertz CT molecular complexity index is 785. The van der Waals surface area contributed by atoms with Gasteiger partial charge in [0.15, 0.2) is 0 Å². The highest BCUT2D eigenvalue weighted by Crippen LogP contribution is 2.13. The van der Waals surface area contributed by atoms with Gasteiger partial charge in [-0.2, -0.15) is 5.10 Å². The number of hydrogen-bond acceptors (Lipinski definition) is 3. The predicted octanol–water partition coefficient (Wildman–Crippen LogP) is 3.30. The van der Waals surface area contributed by atoms with Crippen molar-refractivity contribution in [3.63, 3.8) is 0 Å². The summed E-state index contributed by atoms with van der Waals surface area (Å²) in [6.07, 6.45) is 3.19. The van der Waals surface area contributed by atoms with Gasteiger partial charge in [0.2, 0.25) is 0 Å². The molecule has 2 N–H and O–H groups in total. The van der Waals surface area contributed by atoms with Crippen LogP contribution in [0.4, 0.5) is 10.5 Å². The van der Waals surface area contributed by atoms with E-state index in [0.717, 1.165) is 11.1 Å². The third kappa shape index (κ3) is 4.57. The van der Waals surface area contributed by atoms with E-state index in [1.165, 1.54) is 6.33 Å². The Hall–Kier alpha value is -2.86. The standard InChI is InChI=1S/C17H16ClN5O/c18-15-5-7-16(8-6-15)22-17(24)20-9-13-1-3-14(4-2-13)10-23-12-19-11-21-23/h1-8,11-12H,9-10H2,(H2,20,22,24). The van der Waals surface area contributed by atoms with E-state index in [4.69, 9.17) is 11.6 Å². The van der Waals surface area contributed by atoms with Crippen LogP contribution in [0.2, 0.25) is 5.02 Å². The Morgan fingerprint density at radius 1 is 1.04 bits per heavy atom. The summed E-state index contributed by atoms with van der Waals surface area (Å²) in [5.41, 5.74) is 2.83. The third-order valence-electron chi connectivity index (χ3n) is 3.39. The number of aromatic nitrogens is 3. The quantitative estimate of drug-likeness (QED) is 0.748. The molecule has 7 heteroatoms. The highest BCUT2D eigenvalue weighted by Gasteiger charge is 2.02. The fraction of sp³-hybridized carbons (Fsp3) is 0.118. The summed E-state index contributed by atoms with van der Waals surface area (Å²) in [6.45, 7) is 1.12. The number of halogens is 1. The highest BCUT2D eigenvalue weighted by molar-refractivity contribution is 6.30. The fourth-order valence-corrected chi connectivity index (χ4v) is 2.28. The van der Waals surface area contributed by atoms with E-state index in [2.05, 4.69) is 20.7 Å². The highest BCUT2D eigenvalue weighted by atomic mass is 35.5. The second-order valence-corrected chi connectivity index (χ2v) is 5.66. The van der Waals surface area contributed by atoms with Gasteiger partial charge in [-0.05, 0) is 35.4 Å². The lowest BCUT2D eigenvalue weighted by molar-refractivity contribution is 0.251. The van der Waals surface area contributed by atoms with E-state index < -0.39 is 0 Å². The average Bonchev–Trinajstić information content (AvgIpc) is 3.09. The molecule has 0 spiro atoms. The maximum absolute atomic E-state index is 11.9. The van der Waals surface area contributed by atoms with Crippen molar-refractivity contribution in [2.75, 3.05) is 5.32 Å². The summed E-state index contributed by atoms with van der Waals surface area (Å²) in [5, 5.41) is 10.3. The molecule has 6 nitrogen and oxygen atoms in total. The topological polar surface area (TPSA) is 71.8 Å². The van der Waals surface area contributed by atoms with Crippen LogP contribution in [0.25, 0.3) is 0 Å². The molecule has 24 heavy (non-hydrogen) atoms. The molecule has 0 fully saturated rings. The lowest BCUT2D eigenvalue weighted by Crippen LogP contribution is -2.28. The molecule has 0 saturated carbocycles. The van der Waals surface area contributed by atoms with Gasteiger partial charge in [0.1, 0.15) is 12.7 Å². The van der Waals surface area contributed by atoms with Gasteiger partial charge in [-0.25, -0.2) is 14.5 Å². The van der Waals surface area contributed by atoms with Gasteiger partial charge in [0.05, 0.1) is 6.54 Å². The van der Waals surface area contributed by atoms with Crippen molar-refractivity contribution in [3.8, 4) is 0 Å². The van der Waals surface area contributed by atoms with Gasteiger partial charge >= 0.3 is 6.03 Å². The van der Waals surface area contributed by atoms with Gasteiger partial charge < -0.3 is 10.6 Å². The molecule has 3 rings (SSSR count). The van der Waals surface area contributed by atoms with E-state index in [9.17, 15) is 4.79 Å². The Morgan fingerprint density at radius 2 is 1.75 bits per heavy atom. The van der Waals surface area contributed by atoms with Gasteiger partial charge in [-0.3, -0.25) is 0 Å². The maximum atomic E-state index is 11.9. The van der Waals surface area contributed by atoms with Crippen molar-refractivity contribution in [2.45, 2.75) is 13.1 Å². The summed E-state index contributed by atoms with van der Waals surface area (Å²) in [5.74, 6) is 0. The SMILES string of the molecule is O=C(NCc1ccc(Cn2cncn2)cc1)Nc1ccc(Cl)cc1. The van der Waals surface area contributed by atoms with E-state index >= 15 is 0 Å². The van der Waals surface area contributed by atoms with Crippen molar-refractivity contribution in [1.29, 1.82) is 0 Å². The Labute approximate surface area is 144 Å². The molecule has 122 valence electrons. The number of nitrogens with zero attached hydrogens (tertiary/aromatic N) is 3. The summed E-state index contributed by atoms with van der Waals surface area (Å²) in [4.78, 5) is 15.8. The van der Waals surface area contributed by atoms with Crippen LogP contribution in [0.5, 0.6) is 0 Å². The number of rotatable bonds is 5. The van der Waals surface area contributed by atoms with Crippen molar-refractivity contribution in [2.24, 2.45) is 0 Å². The maximum Gasteiger partial charge on any atom is 0.319 e. The third-order valence-corrected chi connectivity index (χ3v) is 3.64. The first-order chi connectivity index (χ1) is 11.7. The average molecular weight is 342 g/mol. The smallest absolute Gasteiger partial charge is 0.319 e. The number of carbonyl (C=O) groups is 1. The molecule has 3 aromatic rings. The molecule has 0 unspecified atom stereocenters. The molecule has 0 bridgehead atoms. The minimum atomic E-state index is -0.260. The molecule has 0 aliphatic carbocycles. The summed E-state index contributed by atoms with van der Waals surface area (Å²) < 4.78 is 1.76. The first-order valence-corrected chi connectivity index (χ1v) is 7.77. The molecule has 0 radical (unpaired) electrons. The minimum Gasteiger partial charge on any atom is -0.334 e. The zero-order chi connectivity index (χ0) is 16.8. The second-order valence-electron chi connectivity index (χ2n) is 5.22. The minimum absolute atomic E-state index is 0.260. The van der Waals surface area contributed by atoms with E-state index in [1.54, 1.807) is 35.3 Å². The van der Waals surface area contributed by atoms with Gasteiger partial charge in [-0.15, -0.1) is 0 Å². The second kappa shape index (κ2) is 7.61. The van der Waals surface area contributed by atoms with Crippen LogP contribution in [-0.4, -0.2) is 20.8 Å². The van der Waals surface area contributed by atoms with Crippen molar-refractivity contribution >= 4 is 23.3 Å². The molecular weight excluding hydrogens is 326 g/mol. The van der Waals surface area contributed by atoms with Crippen LogP contribution >= 0.6 is 11.6 Å². The number of amides is 2. The number of nitrogens with one attached hydrogen (secondary N) is 2. The van der Waals surface area contributed by atoms with Crippen LogP contribution in [0, 0.1) is 0 Å². The van der Waals surface area contributed by atoms with Gasteiger partial charge in [-0.1, -0.05) is 35.9 Å². The molecule has 2 aromatic carbocycles. The first kappa shape index (κ1) is 16.0. The van der Waals surface area contributed by atoms with Crippen LogP contribution in [0.3, 0.4) is 0 Å². The number of anilines is 1. The molecule has 0 atom stereocenters. The lowest BCUT2D eigenvalue weighted by Gasteiger charge is -2.08. The summed E-state index contributed by atoms with van der Waals surface area (Å²) >= 11 is 5.81. The fourth-order valence-electron chi connectivity index (χ4n) is 2.15. The zero-order valence-electron chi connectivity index (χ0n) is 12.8. The van der Waals surface area contributed by atoms with Crippen molar-refractivity contribution in [1.82, 2.24) is 20.1 Å². The molecular formula is C17H16ClN5O. The van der Waals surface area contributed by atoms with E-state index in [-0.39, 0.29) is 6.03 Å². The van der Waals surface area contributed by atoms with Crippen LogP contribution in [-0.2, 0) is 13.1 Å². The Kier molecular flexibility index (Phi) is 5.08. The first-order valence-electron chi connectivity index (χ1n) is 7.40. The molecule has 2 amide bonds. The van der Waals surface area contributed by atoms with Crippen LogP contribution < -0.4 is 10.6 Å². The van der Waals surface area contributed by atoms with Crippen molar-refractivity contribution in [3.05, 3.63) is 77.3 Å². The number of urea groups is 1. The van der Waals surface area contributed by atoms with Gasteiger partial charge in [0.25, 0.3) is 0 Å². The van der Waals surface area contributed by atoms with E-state index in [1.807, 2.05) is 24.3 Å². The predicted molar refractivity (Wildman–Crippen MR) is 92.9 cm³/mol. The molecule has 1 heterocycles. The molecule has 0 aliphatic rings. The Morgan fingerprint density at radius 3 is 2.42 bits per heavy atom. The molecule has 0 aliphatic heterocycles. The Balaban J connectivity index is 1.49. The number of benzene rings is 2. The van der Waals surface area contributed by atoms with Crippen LogP contribution in [0.1, 0.15) is 11.1 Å². The number of carbonyl (C=O) groups excluding carboxylic acids is 1. The zero-order valence-corrected chi connectivity index (χ0v) is 13.6. The molecule has 0 saturated heterocycles. The molecule has 1 aromatic heterocycles. The largest absolute Gasteiger partial charge is 0.334 e. The van der Waals surface area contributed by atoms with Crippen LogP contribution in [0.15, 0.2) is 61.2 Å². The number of hydrogen-bond donors (Lipinski definition) is 2. The van der Waals surface area contributed by atoms with E-state index in [0.29, 0.717) is 23.8 Å². The lowest BCUT2D eigenvalue weighted by atomic mass is 10.1.